The highest BCUT2D eigenvalue weighted by Crippen LogP contribution is 2.28. The molecule has 0 aromatic carbocycles. The average molecular weight is 350 g/mol. The Morgan fingerprint density at radius 3 is 2.54 bits per heavy atom. The Labute approximate surface area is 148 Å². The van der Waals surface area contributed by atoms with Gasteiger partial charge in [0.15, 0.2) is 0 Å². The standard InChI is InChI=1S/C18H27N3O2S/c1-4-15-13(2)12-16(24-15)18(23)21-7-5-6-14(21)17(22)20-10-8-19(3)9-11-20/h12,14H,4-11H2,1-3H3/t14-/m1/s1. The number of nitrogens with zero attached hydrogens (tertiary/aromatic N) is 3. The van der Waals surface area contributed by atoms with Gasteiger partial charge in [0.1, 0.15) is 6.04 Å². The van der Waals surface area contributed by atoms with Crippen LogP contribution in [0.5, 0.6) is 0 Å². The van der Waals surface area contributed by atoms with E-state index < -0.39 is 0 Å². The van der Waals surface area contributed by atoms with E-state index >= 15 is 0 Å². The second-order valence-electron chi connectivity index (χ2n) is 6.86. The van der Waals surface area contributed by atoms with Crippen molar-refractivity contribution in [2.24, 2.45) is 0 Å². The van der Waals surface area contributed by atoms with Crippen molar-refractivity contribution in [1.29, 1.82) is 0 Å². The van der Waals surface area contributed by atoms with Gasteiger partial charge < -0.3 is 14.7 Å². The SMILES string of the molecule is CCc1sc(C(=O)N2CCC[C@@H]2C(=O)N2CCN(C)CC2)cc1C. The van der Waals surface area contributed by atoms with E-state index in [0.29, 0.717) is 6.54 Å². The molecule has 0 unspecified atom stereocenters. The monoisotopic (exact) mass is 349 g/mol. The number of carbonyl (C=O) groups excluding carboxylic acids is 2. The van der Waals surface area contributed by atoms with Crippen molar-refractivity contribution in [2.75, 3.05) is 39.8 Å². The highest BCUT2D eigenvalue weighted by molar-refractivity contribution is 7.14. The summed E-state index contributed by atoms with van der Waals surface area (Å²) in [5.74, 6) is 0.172. The van der Waals surface area contributed by atoms with E-state index in [1.54, 1.807) is 11.3 Å². The highest BCUT2D eigenvalue weighted by atomic mass is 32.1. The van der Waals surface area contributed by atoms with Gasteiger partial charge in [-0.05, 0) is 44.9 Å². The van der Waals surface area contributed by atoms with Gasteiger partial charge in [0.2, 0.25) is 5.91 Å². The first kappa shape index (κ1) is 17.4. The van der Waals surface area contributed by atoms with E-state index in [1.165, 1.54) is 10.4 Å². The van der Waals surface area contributed by atoms with Gasteiger partial charge in [-0.2, -0.15) is 0 Å². The molecule has 0 spiro atoms. The van der Waals surface area contributed by atoms with Crippen LogP contribution < -0.4 is 0 Å². The van der Waals surface area contributed by atoms with E-state index in [1.807, 2.05) is 15.9 Å². The lowest BCUT2D eigenvalue weighted by Gasteiger charge is -2.35. The topological polar surface area (TPSA) is 43.9 Å². The molecule has 5 nitrogen and oxygen atoms in total. The summed E-state index contributed by atoms with van der Waals surface area (Å²) in [6.45, 7) is 8.23. The molecule has 2 amide bonds. The summed E-state index contributed by atoms with van der Waals surface area (Å²) in [5.41, 5.74) is 1.19. The first-order valence-electron chi connectivity index (χ1n) is 8.89. The molecule has 3 rings (SSSR count). The van der Waals surface area contributed by atoms with E-state index in [4.69, 9.17) is 0 Å². The fourth-order valence-corrected chi connectivity index (χ4v) is 4.69. The summed E-state index contributed by atoms with van der Waals surface area (Å²) in [5, 5.41) is 0. The second kappa shape index (κ2) is 7.23. The molecule has 0 aliphatic carbocycles. The fraction of sp³-hybridized carbons (Fsp3) is 0.667. The third-order valence-electron chi connectivity index (χ3n) is 5.17. The van der Waals surface area contributed by atoms with Crippen LogP contribution >= 0.6 is 11.3 Å². The molecule has 6 heteroatoms. The maximum atomic E-state index is 12.9. The van der Waals surface area contributed by atoms with Crippen LogP contribution in [0.25, 0.3) is 0 Å². The Balaban J connectivity index is 1.72. The van der Waals surface area contributed by atoms with E-state index in [0.717, 1.165) is 50.3 Å². The van der Waals surface area contributed by atoms with E-state index in [-0.39, 0.29) is 17.9 Å². The molecular formula is C18H27N3O2S. The second-order valence-corrected chi connectivity index (χ2v) is 7.99. The van der Waals surface area contributed by atoms with Gasteiger partial charge in [0.05, 0.1) is 4.88 Å². The zero-order valence-corrected chi connectivity index (χ0v) is 15.7. The van der Waals surface area contributed by atoms with E-state index in [9.17, 15) is 9.59 Å². The molecule has 0 saturated carbocycles. The number of likely N-dealkylation sites (tertiary alicyclic amines) is 1. The van der Waals surface area contributed by atoms with Crippen LogP contribution in [-0.2, 0) is 11.2 Å². The molecule has 2 aliphatic rings. The van der Waals surface area contributed by atoms with Crippen LogP contribution in [-0.4, -0.2) is 72.3 Å². The molecule has 3 heterocycles. The first-order valence-corrected chi connectivity index (χ1v) is 9.70. The third kappa shape index (κ3) is 3.35. The Kier molecular flexibility index (Phi) is 5.25. The summed E-state index contributed by atoms with van der Waals surface area (Å²) < 4.78 is 0. The van der Waals surface area contributed by atoms with Crippen LogP contribution in [0.4, 0.5) is 0 Å². The Morgan fingerprint density at radius 1 is 1.21 bits per heavy atom. The minimum Gasteiger partial charge on any atom is -0.338 e. The van der Waals surface area contributed by atoms with Crippen molar-refractivity contribution >= 4 is 23.2 Å². The van der Waals surface area contributed by atoms with Gasteiger partial charge in [-0.25, -0.2) is 0 Å². The van der Waals surface area contributed by atoms with Gasteiger partial charge in [0, 0.05) is 37.6 Å². The molecule has 1 aromatic heterocycles. The number of rotatable bonds is 3. The minimum atomic E-state index is -0.270. The number of piperazine rings is 1. The number of amides is 2. The summed E-state index contributed by atoms with van der Waals surface area (Å²) in [7, 11) is 2.08. The summed E-state index contributed by atoms with van der Waals surface area (Å²) in [6.07, 6.45) is 2.66. The van der Waals surface area contributed by atoms with Crippen LogP contribution in [0, 0.1) is 6.92 Å². The maximum Gasteiger partial charge on any atom is 0.264 e. The van der Waals surface area contributed by atoms with Gasteiger partial charge in [0.25, 0.3) is 5.91 Å². The normalized spacial score (nSPS) is 22.2. The number of aryl methyl sites for hydroxylation is 2. The molecule has 0 N–H and O–H groups in total. The molecule has 2 saturated heterocycles. The van der Waals surface area contributed by atoms with Crippen molar-refractivity contribution in [3.05, 3.63) is 21.4 Å². The molecule has 1 aromatic rings. The summed E-state index contributed by atoms with van der Waals surface area (Å²) >= 11 is 1.58. The number of thiophene rings is 1. The number of likely N-dealkylation sites (N-methyl/N-ethyl adjacent to an activating group) is 1. The fourth-order valence-electron chi connectivity index (χ4n) is 3.62. The predicted octanol–water partition coefficient (Wildman–Crippen LogP) is 2.00. The van der Waals surface area contributed by atoms with Crippen LogP contribution in [0.15, 0.2) is 6.07 Å². The number of carbonyl (C=O) groups is 2. The summed E-state index contributed by atoms with van der Waals surface area (Å²) in [4.78, 5) is 33.9. The molecule has 2 fully saturated rings. The third-order valence-corrected chi connectivity index (χ3v) is 6.54. The predicted molar refractivity (Wildman–Crippen MR) is 96.6 cm³/mol. The van der Waals surface area contributed by atoms with Crippen LogP contribution in [0.3, 0.4) is 0 Å². The lowest BCUT2D eigenvalue weighted by Crippen LogP contribution is -2.53. The molecule has 132 valence electrons. The molecule has 2 aliphatic heterocycles. The molecular weight excluding hydrogens is 322 g/mol. The van der Waals surface area contributed by atoms with E-state index in [2.05, 4.69) is 25.8 Å². The van der Waals surface area contributed by atoms with Gasteiger partial charge in [-0.3, -0.25) is 9.59 Å². The zero-order valence-electron chi connectivity index (χ0n) is 14.9. The molecule has 1 atom stereocenters. The molecule has 24 heavy (non-hydrogen) atoms. The van der Waals surface area contributed by atoms with Crippen molar-refractivity contribution < 1.29 is 9.59 Å². The van der Waals surface area contributed by atoms with Gasteiger partial charge in [-0.15, -0.1) is 11.3 Å². The Bertz CT molecular complexity index is 620. The maximum absolute atomic E-state index is 12.9. The minimum absolute atomic E-state index is 0.0350. The van der Waals surface area contributed by atoms with Gasteiger partial charge in [-0.1, -0.05) is 6.92 Å². The Hall–Kier alpha value is -1.40. The van der Waals surface area contributed by atoms with Crippen molar-refractivity contribution in [3.63, 3.8) is 0 Å². The quantitative estimate of drug-likeness (QED) is 0.838. The van der Waals surface area contributed by atoms with Crippen molar-refractivity contribution in [1.82, 2.24) is 14.7 Å². The van der Waals surface area contributed by atoms with Crippen molar-refractivity contribution in [3.8, 4) is 0 Å². The lowest BCUT2D eigenvalue weighted by molar-refractivity contribution is -0.136. The molecule has 0 radical (unpaired) electrons. The lowest BCUT2D eigenvalue weighted by atomic mass is 10.1. The molecule has 0 bridgehead atoms. The van der Waals surface area contributed by atoms with Crippen LogP contribution in [0.1, 0.15) is 39.9 Å². The smallest absolute Gasteiger partial charge is 0.264 e. The highest BCUT2D eigenvalue weighted by Gasteiger charge is 2.37. The van der Waals surface area contributed by atoms with Gasteiger partial charge >= 0.3 is 0 Å². The van der Waals surface area contributed by atoms with Crippen LogP contribution in [0.2, 0.25) is 0 Å². The largest absolute Gasteiger partial charge is 0.338 e. The number of hydrogen-bond acceptors (Lipinski definition) is 4. The van der Waals surface area contributed by atoms with Crippen molar-refractivity contribution in [2.45, 2.75) is 39.2 Å². The summed E-state index contributed by atoms with van der Waals surface area (Å²) in [6, 6.07) is 1.72. The Morgan fingerprint density at radius 2 is 1.92 bits per heavy atom. The average Bonchev–Trinajstić information content (AvgIpc) is 3.20. The zero-order chi connectivity index (χ0) is 17.3. The first-order chi connectivity index (χ1) is 11.5. The number of hydrogen-bond donors (Lipinski definition) is 0.